The molecule has 1 heterocycles. The number of aryl methyl sites for hydroxylation is 1. The molecule has 2 rings (SSSR count). The number of hydrogen-bond donors (Lipinski definition) is 0. The van der Waals surface area contributed by atoms with Crippen molar-refractivity contribution in [2.45, 2.75) is 32.3 Å². The number of amides is 2. The van der Waals surface area contributed by atoms with Crippen molar-refractivity contribution in [3.63, 3.8) is 0 Å². The lowest BCUT2D eigenvalue weighted by molar-refractivity contribution is 0.101. The number of ether oxygens (including phenoxy) is 1. The summed E-state index contributed by atoms with van der Waals surface area (Å²) in [6.07, 6.45) is 3.03. The second-order valence-electron chi connectivity index (χ2n) is 5.48. The lowest BCUT2D eigenvalue weighted by Crippen LogP contribution is -2.46. The summed E-state index contributed by atoms with van der Waals surface area (Å²) in [5, 5.41) is 0. The van der Waals surface area contributed by atoms with Gasteiger partial charge in [0.1, 0.15) is 11.9 Å². The molecule has 0 unspecified atom stereocenters. The standard InChI is InChI=1S/C16H24N2O2/c1-4-13-6-5-7-15(12-13)20-14-8-10-18(11-9-14)16(19)17(2)3/h5-7,12,14H,4,8-11H2,1-3H3. The van der Waals surface area contributed by atoms with Crippen LogP contribution >= 0.6 is 0 Å². The summed E-state index contributed by atoms with van der Waals surface area (Å²) in [5.74, 6) is 0.946. The minimum atomic E-state index is 0.0939. The topological polar surface area (TPSA) is 32.8 Å². The predicted octanol–water partition coefficient (Wildman–Crippen LogP) is 2.77. The highest BCUT2D eigenvalue weighted by atomic mass is 16.5. The normalized spacial score (nSPS) is 16.1. The zero-order valence-electron chi connectivity index (χ0n) is 12.6. The minimum absolute atomic E-state index is 0.0939. The summed E-state index contributed by atoms with van der Waals surface area (Å²) in [6.45, 7) is 3.69. The minimum Gasteiger partial charge on any atom is -0.490 e. The molecule has 0 spiro atoms. The highest BCUT2D eigenvalue weighted by Gasteiger charge is 2.24. The first-order valence-corrected chi connectivity index (χ1v) is 7.32. The van der Waals surface area contributed by atoms with E-state index in [0.29, 0.717) is 0 Å². The molecule has 2 amide bonds. The largest absolute Gasteiger partial charge is 0.490 e. The molecule has 4 nitrogen and oxygen atoms in total. The second-order valence-corrected chi connectivity index (χ2v) is 5.48. The van der Waals surface area contributed by atoms with Crippen LogP contribution in [0.4, 0.5) is 4.79 Å². The summed E-state index contributed by atoms with van der Waals surface area (Å²) in [6, 6.07) is 8.37. The van der Waals surface area contributed by atoms with Crippen molar-refractivity contribution in [2.24, 2.45) is 0 Å². The molecule has 0 radical (unpaired) electrons. The third-order valence-corrected chi connectivity index (χ3v) is 3.70. The number of urea groups is 1. The van der Waals surface area contributed by atoms with E-state index in [9.17, 15) is 4.79 Å². The van der Waals surface area contributed by atoms with Crippen molar-refractivity contribution >= 4 is 6.03 Å². The van der Waals surface area contributed by atoms with E-state index in [1.54, 1.807) is 19.0 Å². The number of piperidine rings is 1. The molecule has 0 atom stereocenters. The third-order valence-electron chi connectivity index (χ3n) is 3.70. The van der Waals surface area contributed by atoms with Gasteiger partial charge in [-0.3, -0.25) is 0 Å². The Bertz CT molecular complexity index is 452. The molecule has 1 aromatic carbocycles. The van der Waals surface area contributed by atoms with Crippen LogP contribution in [0.5, 0.6) is 5.75 Å². The van der Waals surface area contributed by atoms with Gasteiger partial charge in [0.05, 0.1) is 0 Å². The van der Waals surface area contributed by atoms with Crippen molar-refractivity contribution in [2.75, 3.05) is 27.2 Å². The van der Waals surface area contributed by atoms with Crippen molar-refractivity contribution in [3.8, 4) is 5.75 Å². The Morgan fingerprint density at radius 1 is 1.35 bits per heavy atom. The highest BCUT2D eigenvalue weighted by Crippen LogP contribution is 2.20. The first kappa shape index (κ1) is 14.7. The van der Waals surface area contributed by atoms with Gasteiger partial charge in [-0.1, -0.05) is 19.1 Å². The lowest BCUT2D eigenvalue weighted by Gasteiger charge is -2.33. The van der Waals surface area contributed by atoms with Gasteiger partial charge >= 0.3 is 6.03 Å². The van der Waals surface area contributed by atoms with Crippen LogP contribution in [0, 0.1) is 0 Å². The monoisotopic (exact) mass is 276 g/mol. The predicted molar refractivity (Wildman–Crippen MR) is 80.1 cm³/mol. The number of likely N-dealkylation sites (tertiary alicyclic amines) is 1. The molecule has 1 saturated heterocycles. The van der Waals surface area contributed by atoms with Crippen LogP contribution in [0.2, 0.25) is 0 Å². The maximum atomic E-state index is 11.9. The van der Waals surface area contributed by atoms with Gasteiger partial charge < -0.3 is 14.5 Å². The second kappa shape index (κ2) is 6.64. The van der Waals surface area contributed by atoms with Crippen LogP contribution in [-0.2, 0) is 6.42 Å². The van der Waals surface area contributed by atoms with Gasteiger partial charge in [0.25, 0.3) is 0 Å². The molecular weight excluding hydrogens is 252 g/mol. The first-order valence-electron chi connectivity index (χ1n) is 7.32. The maximum Gasteiger partial charge on any atom is 0.319 e. The van der Waals surface area contributed by atoms with Crippen LogP contribution in [0.1, 0.15) is 25.3 Å². The van der Waals surface area contributed by atoms with Gasteiger partial charge in [-0.2, -0.15) is 0 Å². The number of hydrogen-bond acceptors (Lipinski definition) is 2. The number of carbonyl (C=O) groups is 1. The Kier molecular flexibility index (Phi) is 4.88. The van der Waals surface area contributed by atoms with Crippen LogP contribution < -0.4 is 4.74 Å². The van der Waals surface area contributed by atoms with E-state index in [-0.39, 0.29) is 12.1 Å². The fraction of sp³-hybridized carbons (Fsp3) is 0.562. The summed E-state index contributed by atoms with van der Waals surface area (Å²) in [5.41, 5.74) is 1.29. The summed E-state index contributed by atoms with van der Waals surface area (Å²) < 4.78 is 6.03. The van der Waals surface area contributed by atoms with E-state index in [2.05, 4.69) is 19.1 Å². The molecule has 4 heteroatoms. The Labute approximate surface area is 121 Å². The Hall–Kier alpha value is -1.71. The molecule has 0 saturated carbocycles. The molecule has 0 bridgehead atoms. The fourth-order valence-corrected chi connectivity index (χ4v) is 2.48. The lowest BCUT2D eigenvalue weighted by atomic mass is 10.1. The van der Waals surface area contributed by atoms with Crippen molar-refractivity contribution in [1.82, 2.24) is 9.80 Å². The highest BCUT2D eigenvalue weighted by molar-refractivity contribution is 5.73. The van der Waals surface area contributed by atoms with E-state index < -0.39 is 0 Å². The number of rotatable bonds is 3. The van der Waals surface area contributed by atoms with Crippen LogP contribution in [0.15, 0.2) is 24.3 Å². The van der Waals surface area contributed by atoms with Crippen LogP contribution in [0.3, 0.4) is 0 Å². The average Bonchev–Trinajstić information content (AvgIpc) is 2.47. The van der Waals surface area contributed by atoms with Crippen molar-refractivity contribution < 1.29 is 9.53 Å². The molecule has 0 aromatic heterocycles. The van der Waals surface area contributed by atoms with Gasteiger partial charge in [-0.25, -0.2) is 4.79 Å². The van der Waals surface area contributed by atoms with E-state index >= 15 is 0 Å². The maximum absolute atomic E-state index is 11.9. The molecule has 1 aliphatic rings. The molecule has 110 valence electrons. The zero-order chi connectivity index (χ0) is 14.5. The number of benzene rings is 1. The van der Waals surface area contributed by atoms with E-state index in [4.69, 9.17) is 4.74 Å². The summed E-state index contributed by atoms with van der Waals surface area (Å²) in [7, 11) is 3.59. The molecule has 20 heavy (non-hydrogen) atoms. The van der Waals surface area contributed by atoms with Crippen molar-refractivity contribution in [3.05, 3.63) is 29.8 Å². The van der Waals surface area contributed by atoms with E-state index in [0.717, 1.165) is 38.1 Å². The van der Waals surface area contributed by atoms with Gasteiger partial charge in [0.2, 0.25) is 0 Å². The van der Waals surface area contributed by atoms with Crippen LogP contribution in [0.25, 0.3) is 0 Å². The van der Waals surface area contributed by atoms with Gasteiger partial charge in [0, 0.05) is 40.0 Å². The van der Waals surface area contributed by atoms with Crippen molar-refractivity contribution in [1.29, 1.82) is 0 Å². The molecular formula is C16H24N2O2. The molecule has 0 N–H and O–H groups in total. The smallest absolute Gasteiger partial charge is 0.319 e. The van der Waals surface area contributed by atoms with Gasteiger partial charge in [-0.05, 0) is 24.1 Å². The first-order chi connectivity index (χ1) is 9.60. The van der Waals surface area contributed by atoms with E-state index in [1.807, 2.05) is 17.0 Å². The Morgan fingerprint density at radius 3 is 2.65 bits per heavy atom. The third kappa shape index (κ3) is 3.65. The molecule has 1 aromatic rings. The quantitative estimate of drug-likeness (QED) is 0.850. The SMILES string of the molecule is CCc1cccc(OC2CCN(C(=O)N(C)C)CC2)c1. The number of carbonyl (C=O) groups excluding carboxylic acids is 1. The summed E-state index contributed by atoms with van der Waals surface area (Å²) >= 11 is 0. The Balaban J connectivity index is 1.86. The molecule has 1 aliphatic heterocycles. The summed E-state index contributed by atoms with van der Waals surface area (Å²) in [4.78, 5) is 15.4. The fourth-order valence-electron chi connectivity index (χ4n) is 2.48. The van der Waals surface area contributed by atoms with E-state index in [1.165, 1.54) is 5.56 Å². The molecule has 1 fully saturated rings. The number of nitrogens with zero attached hydrogens (tertiary/aromatic N) is 2. The Morgan fingerprint density at radius 2 is 2.05 bits per heavy atom. The van der Waals surface area contributed by atoms with Gasteiger partial charge in [0.15, 0.2) is 0 Å². The van der Waals surface area contributed by atoms with Crippen LogP contribution in [-0.4, -0.2) is 49.1 Å². The zero-order valence-corrected chi connectivity index (χ0v) is 12.6. The average molecular weight is 276 g/mol. The van der Waals surface area contributed by atoms with Gasteiger partial charge in [-0.15, -0.1) is 0 Å². The molecule has 0 aliphatic carbocycles.